The van der Waals surface area contributed by atoms with E-state index in [1.807, 2.05) is 39.0 Å². The van der Waals surface area contributed by atoms with Gasteiger partial charge in [0.1, 0.15) is 17.1 Å². The molecule has 8 nitrogen and oxygen atoms in total. The molecule has 160 valence electrons. The van der Waals surface area contributed by atoms with Gasteiger partial charge in [0.15, 0.2) is 5.96 Å². The van der Waals surface area contributed by atoms with Gasteiger partial charge in [0, 0.05) is 38.3 Å². The first-order chi connectivity index (χ1) is 12.8. The molecular weight excluding hydrogens is 475 g/mol. The number of nitrogens with zero attached hydrogens (tertiary/aromatic N) is 1. The van der Waals surface area contributed by atoms with E-state index >= 15 is 0 Å². The first-order valence-corrected chi connectivity index (χ1v) is 8.91. The maximum atomic E-state index is 11.6. The van der Waals surface area contributed by atoms with Gasteiger partial charge < -0.3 is 30.2 Å². The van der Waals surface area contributed by atoms with E-state index in [4.69, 9.17) is 14.2 Å². The smallest absolute Gasteiger partial charge is 0.407 e. The fraction of sp³-hybridized carbons (Fsp3) is 0.579. The zero-order valence-electron chi connectivity index (χ0n) is 17.5. The molecule has 0 saturated carbocycles. The van der Waals surface area contributed by atoms with E-state index in [1.165, 1.54) is 0 Å². The second-order valence-corrected chi connectivity index (χ2v) is 6.81. The second kappa shape index (κ2) is 13.3. The van der Waals surface area contributed by atoms with Crippen molar-refractivity contribution in [2.45, 2.75) is 39.3 Å². The Hall–Kier alpha value is -1.91. The number of alkyl carbamates (subject to hydrolysis) is 1. The number of hydrogen-bond donors (Lipinski definition) is 3. The van der Waals surface area contributed by atoms with Crippen LogP contribution in [0.5, 0.6) is 11.5 Å². The van der Waals surface area contributed by atoms with Crippen LogP contribution in [-0.4, -0.2) is 52.0 Å². The van der Waals surface area contributed by atoms with Gasteiger partial charge in [-0.1, -0.05) is 0 Å². The van der Waals surface area contributed by atoms with Crippen LogP contribution >= 0.6 is 24.0 Å². The minimum absolute atomic E-state index is 0. The Kier molecular flexibility index (Phi) is 12.4. The highest BCUT2D eigenvalue weighted by molar-refractivity contribution is 14.0. The number of benzene rings is 1. The highest BCUT2D eigenvalue weighted by Crippen LogP contribution is 2.24. The molecule has 1 rings (SSSR count). The number of carbonyl (C=O) groups is 1. The highest BCUT2D eigenvalue weighted by atomic mass is 127. The quantitative estimate of drug-likeness (QED) is 0.217. The molecule has 0 atom stereocenters. The summed E-state index contributed by atoms with van der Waals surface area (Å²) in [4.78, 5) is 15.8. The number of aliphatic imine (C=N–C) groups is 1. The monoisotopic (exact) mass is 508 g/mol. The van der Waals surface area contributed by atoms with Gasteiger partial charge in [-0.05, 0) is 39.3 Å². The van der Waals surface area contributed by atoms with Crippen LogP contribution in [0.25, 0.3) is 0 Å². The molecule has 28 heavy (non-hydrogen) atoms. The van der Waals surface area contributed by atoms with E-state index in [0.717, 1.165) is 23.5 Å². The van der Waals surface area contributed by atoms with Gasteiger partial charge in [-0.2, -0.15) is 0 Å². The molecule has 3 N–H and O–H groups in total. The average Bonchev–Trinajstić information content (AvgIpc) is 2.62. The molecule has 9 heteroatoms. The number of amides is 1. The van der Waals surface area contributed by atoms with Crippen LogP contribution in [0.4, 0.5) is 4.79 Å². The Bertz CT molecular complexity index is 633. The third-order valence-corrected chi connectivity index (χ3v) is 3.48. The van der Waals surface area contributed by atoms with E-state index < -0.39 is 11.7 Å². The van der Waals surface area contributed by atoms with Crippen molar-refractivity contribution in [2.75, 3.05) is 34.4 Å². The molecule has 0 fully saturated rings. The fourth-order valence-electron chi connectivity index (χ4n) is 2.20. The molecule has 1 amide bonds. The van der Waals surface area contributed by atoms with Gasteiger partial charge >= 0.3 is 6.09 Å². The number of rotatable bonds is 8. The fourth-order valence-corrected chi connectivity index (χ4v) is 2.20. The second-order valence-electron chi connectivity index (χ2n) is 6.81. The first kappa shape index (κ1) is 26.1. The van der Waals surface area contributed by atoms with Gasteiger partial charge in [-0.3, -0.25) is 4.99 Å². The summed E-state index contributed by atoms with van der Waals surface area (Å²) in [5.74, 6) is 2.17. The predicted octanol–water partition coefficient (Wildman–Crippen LogP) is 2.90. The lowest BCUT2D eigenvalue weighted by Gasteiger charge is -2.19. The summed E-state index contributed by atoms with van der Waals surface area (Å²) in [6.07, 6.45) is 0.336. The van der Waals surface area contributed by atoms with Gasteiger partial charge in [0.05, 0.1) is 14.2 Å². The predicted molar refractivity (Wildman–Crippen MR) is 122 cm³/mol. The summed E-state index contributed by atoms with van der Waals surface area (Å²) in [6.45, 7) is 7.24. The van der Waals surface area contributed by atoms with Gasteiger partial charge in [-0.25, -0.2) is 4.79 Å². The van der Waals surface area contributed by atoms with Gasteiger partial charge in [0.2, 0.25) is 0 Å². The molecule has 0 spiro atoms. The van der Waals surface area contributed by atoms with Crippen LogP contribution < -0.4 is 25.4 Å². The lowest BCUT2D eigenvalue weighted by Crippen LogP contribution is -2.39. The van der Waals surface area contributed by atoms with Crippen molar-refractivity contribution in [2.24, 2.45) is 4.99 Å². The van der Waals surface area contributed by atoms with Crippen molar-refractivity contribution in [1.29, 1.82) is 0 Å². The van der Waals surface area contributed by atoms with Crippen LogP contribution in [0.1, 0.15) is 32.8 Å². The summed E-state index contributed by atoms with van der Waals surface area (Å²) in [7, 11) is 4.96. The lowest BCUT2D eigenvalue weighted by molar-refractivity contribution is 0.0527. The SMILES string of the molecule is CN=C(NCCCNC(=O)OC(C)(C)C)NCc1ccc(OC)cc1OC.I. The zero-order valence-corrected chi connectivity index (χ0v) is 19.9. The summed E-state index contributed by atoms with van der Waals surface area (Å²) in [5, 5.41) is 9.16. The van der Waals surface area contributed by atoms with Crippen LogP contribution in [0, 0.1) is 0 Å². The Balaban J connectivity index is 0.00000729. The number of halogens is 1. The van der Waals surface area contributed by atoms with Crippen LogP contribution in [0.3, 0.4) is 0 Å². The normalized spacial score (nSPS) is 11.1. The summed E-state index contributed by atoms with van der Waals surface area (Å²) < 4.78 is 15.8. The van der Waals surface area contributed by atoms with Crippen molar-refractivity contribution in [3.05, 3.63) is 23.8 Å². The summed E-state index contributed by atoms with van der Waals surface area (Å²) in [5.41, 5.74) is 0.504. The van der Waals surface area contributed by atoms with Crippen molar-refractivity contribution in [3.63, 3.8) is 0 Å². The Morgan fingerprint density at radius 2 is 1.75 bits per heavy atom. The van der Waals surface area contributed by atoms with E-state index in [-0.39, 0.29) is 24.0 Å². The van der Waals surface area contributed by atoms with Gasteiger partial charge in [-0.15, -0.1) is 24.0 Å². The molecule has 1 aromatic rings. The Morgan fingerprint density at radius 3 is 2.32 bits per heavy atom. The molecule has 0 saturated heterocycles. The number of carbonyl (C=O) groups excluding carboxylic acids is 1. The van der Waals surface area contributed by atoms with Crippen LogP contribution in [0.2, 0.25) is 0 Å². The molecule has 0 radical (unpaired) electrons. The van der Waals surface area contributed by atoms with E-state index in [0.29, 0.717) is 25.6 Å². The lowest BCUT2D eigenvalue weighted by atomic mass is 10.2. The van der Waals surface area contributed by atoms with Crippen molar-refractivity contribution in [1.82, 2.24) is 16.0 Å². The number of ether oxygens (including phenoxy) is 3. The zero-order chi connectivity index (χ0) is 20.3. The van der Waals surface area contributed by atoms with Crippen molar-refractivity contribution >= 4 is 36.0 Å². The first-order valence-electron chi connectivity index (χ1n) is 8.91. The molecule has 0 aliphatic heterocycles. The maximum absolute atomic E-state index is 11.6. The molecule has 0 aromatic heterocycles. The molecule has 0 aliphatic carbocycles. The number of methoxy groups -OCH3 is 2. The molecular formula is C19H33IN4O4. The molecule has 1 aromatic carbocycles. The minimum Gasteiger partial charge on any atom is -0.497 e. The maximum Gasteiger partial charge on any atom is 0.407 e. The molecule has 0 heterocycles. The third-order valence-electron chi connectivity index (χ3n) is 3.48. The molecule has 0 bridgehead atoms. The van der Waals surface area contributed by atoms with Crippen LogP contribution in [-0.2, 0) is 11.3 Å². The Morgan fingerprint density at radius 1 is 1.07 bits per heavy atom. The summed E-state index contributed by atoms with van der Waals surface area (Å²) in [6, 6.07) is 5.68. The highest BCUT2D eigenvalue weighted by Gasteiger charge is 2.15. The molecule has 0 aliphatic rings. The number of nitrogens with one attached hydrogen (secondary N) is 3. The average molecular weight is 508 g/mol. The van der Waals surface area contributed by atoms with E-state index in [2.05, 4.69) is 20.9 Å². The summed E-state index contributed by atoms with van der Waals surface area (Å²) >= 11 is 0. The largest absolute Gasteiger partial charge is 0.497 e. The minimum atomic E-state index is -0.489. The van der Waals surface area contributed by atoms with Gasteiger partial charge in [0.25, 0.3) is 0 Å². The number of guanidine groups is 1. The van der Waals surface area contributed by atoms with Crippen molar-refractivity contribution < 1.29 is 19.0 Å². The topological polar surface area (TPSA) is 93.2 Å². The van der Waals surface area contributed by atoms with Crippen LogP contribution in [0.15, 0.2) is 23.2 Å². The standard InChI is InChI=1S/C19H32N4O4.HI/c1-19(2,3)27-18(24)22-11-7-10-21-17(20-4)23-13-14-8-9-15(25-5)12-16(14)26-6;/h8-9,12H,7,10-11,13H2,1-6H3,(H,22,24)(H2,20,21,23);1H. The Labute approximate surface area is 184 Å². The van der Waals surface area contributed by atoms with E-state index in [9.17, 15) is 4.79 Å². The van der Waals surface area contributed by atoms with Crippen molar-refractivity contribution in [3.8, 4) is 11.5 Å². The molecule has 0 unspecified atom stereocenters. The third kappa shape index (κ3) is 10.4. The van der Waals surface area contributed by atoms with E-state index in [1.54, 1.807) is 21.3 Å². The number of hydrogen-bond acceptors (Lipinski definition) is 5.